The standard InChI is InChI=1S/C11H11N3OS/c1-14-11(12)8(5-13-14)7-2-3-10-9(4-7)15-6-16-10/h2-5H,6,12H2,1H3. The zero-order chi connectivity index (χ0) is 11.1. The number of nitrogens with zero attached hydrogens (tertiary/aromatic N) is 2. The van der Waals surface area contributed by atoms with Gasteiger partial charge in [-0.1, -0.05) is 17.8 Å². The highest BCUT2D eigenvalue weighted by molar-refractivity contribution is 7.99. The Hall–Kier alpha value is -1.62. The van der Waals surface area contributed by atoms with E-state index in [9.17, 15) is 0 Å². The molecule has 0 amide bonds. The van der Waals surface area contributed by atoms with Crippen molar-refractivity contribution in [3.8, 4) is 16.9 Å². The second-order valence-electron chi connectivity index (χ2n) is 3.64. The third-order valence-electron chi connectivity index (χ3n) is 2.67. The number of hydrogen-bond donors (Lipinski definition) is 1. The van der Waals surface area contributed by atoms with Crippen LogP contribution in [-0.4, -0.2) is 15.7 Å². The summed E-state index contributed by atoms with van der Waals surface area (Å²) in [7, 11) is 1.83. The Labute approximate surface area is 97.4 Å². The average molecular weight is 233 g/mol. The highest BCUT2D eigenvalue weighted by Crippen LogP contribution is 2.39. The summed E-state index contributed by atoms with van der Waals surface area (Å²) in [6, 6.07) is 6.13. The summed E-state index contributed by atoms with van der Waals surface area (Å²) in [4.78, 5) is 1.19. The number of aryl methyl sites for hydroxylation is 1. The highest BCUT2D eigenvalue weighted by Gasteiger charge is 2.15. The molecule has 5 heteroatoms. The minimum atomic E-state index is 0.672. The van der Waals surface area contributed by atoms with Crippen molar-refractivity contribution < 1.29 is 4.74 Å². The van der Waals surface area contributed by atoms with Gasteiger partial charge in [-0.3, -0.25) is 4.68 Å². The van der Waals surface area contributed by atoms with E-state index in [1.54, 1.807) is 22.6 Å². The van der Waals surface area contributed by atoms with Gasteiger partial charge in [0.2, 0.25) is 0 Å². The van der Waals surface area contributed by atoms with Gasteiger partial charge in [-0.15, -0.1) is 0 Å². The van der Waals surface area contributed by atoms with Crippen molar-refractivity contribution in [3.05, 3.63) is 24.4 Å². The molecule has 0 atom stereocenters. The van der Waals surface area contributed by atoms with Crippen LogP contribution < -0.4 is 10.5 Å². The summed E-state index contributed by atoms with van der Waals surface area (Å²) < 4.78 is 7.17. The molecule has 1 aliphatic rings. The predicted octanol–water partition coefficient (Wildman–Crippen LogP) is 2.11. The fourth-order valence-corrected chi connectivity index (χ4v) is 2.47. The number of benzene rings is 1. The van der Waals surface area contributed by atoms with Crippen LogP contribution in [0.3, 0.4) is 0 Å². The molecule has 4 nitrogen and oxygen atoms in total. The second kappa shape index (κ2) is 3.45. The topological polar surface area (TPSA) is 53.1 Å². The van der Waals surface area contributed by atoms with E-state index < -0.39 is 0 Å². The first kappa shape index (κ1) is 9.59. The Kier molecular flexibility index (Phi) is 2.07. The molecule has 0 aliphatic carbocycles. The molecule has 82 valence electrons. The summed E-state index contributed by atoms with van der Waals surface area (Å²) in [6.07, 6.45) is 1.78. The molecule has 2 heterocycles. The van der Waals surface area contributed by atoms with Crippen molar-refractivity contribution in [2.45, 2.75) is 4.90 Å². The van der Waals surface area contributed by atoms with Gasteiger partial charge in [0.05, 0.1) is 11.1 Å². The first-order valence-electron chi connectivity index (χ1n) is 4.93. The Morgan fingerprint density at radius 2 is 2.38 bits per heavy atom. The van der Waals surface area contributed by atoms with Gasteiger partial charge in [0.15, 0.2) is 0 Å². The van der Waals surface area contributed by atoms with Gasteiger partial charge in [0, 0.05) is 12.6 Å². The zero-order valence-electron chi connectivity index (χ0n) is 8.80. The smallest absolute Gasteiger partial charge is 0.138 e. The van der Waals surface area contributed by atoms with Crippen molar-refractivity contribution in [2.24, 2.45) is 7.05 Å². The third-order valence-corrected chi connectivity index (χ3v) is 3.55. The first-order chi connectivity index (χ1) is 7.75. The fraction of sp³-hybridized carbons (Fsp3) is 0.182. The van der Waals surface area contributed by atoms with Crippen LogP contribution in [0.1, 0.15) is 0 Å². The van der Waals surface area contributed by atoms with Gasteiger partial charge in [0.1, 0.15) is 17.5 Å². The van der Waals surface area contributed by atoms with E-state index in [1.807, 2.05) is 19.2 Å². The molecule has 0 fully saturated rings. The molecule has 2 aromatic rings. The lowest BCUT2D eigenvalue weighted by molar-refractivity contribution is 0.398. The number of fused-ring (bicyclic) bond motifs is 1. The lowest BCUT2D eigenvalue weighted by Gasteiger charge is -2.03. The molecule has 1 aromatic heterocycles. The Balaban J connectivity index is 2.10. The van der Waals surface area contributed by atoms with Crippen LogP contribution in [0, 0.1) is 0 Å². The molecule has 0 spiro atoms. The van der Waals surface area contributed by atoms with Crippen LogP contribution in [0.15, 0.2) is 29.3 Å². The lowest BCUT2D eigenvalue weighted by atomic mass is 10.1. The van der Waals surface area contributed by atoms with Crippen LogP contribution in [0.5, 0.6) is 5.75 Å². The number of hydrogen-bond acceptors (Lipinski definition) is 4. The normalized spacial score (nSPS) is 13.6. The fourth-order valence-electron chi connectivity index (χ4n) is 1.73. The monoisotopic (exact) mass is 233 g/mol. The van der Waals surface area contributed by atoms with Crippen molar-refractivity contribution in [2.75, 3.05) is 11.7 Å². The SMILES string of the molecule is Cn1ncc(-c2ccc3c(c2)OCS3)c1N. The molecular weight excluding hydrogens is 222 g/mol. The van der Waals surface area contributed by atoms with Gasteiger partial charge in [0.25, 0.3) is 0 Å². The maximum atomic E-state index is 5.93. The van der Waals surface area contributed by atoms with Gasteiger partial charge in [-0.25, -0.2) is 0 Å². The van der Waals surface area contributed by atoms with E-state index >= 15 is 0 Å². The first-order valence-corrected chi connectivity index (χ1v) is 5.92. The minimum Gasteiger partial charge on any atom is -0.481 e. The summed E-state index contributed by atoms with van der Waals surface area (Å²) in [5.74, 6) is 2.30. The van der Waals surface area contributed by atoms with E-state index in [4.69, 9.17) is 10.5 Å². The van der Waals surface area contributed by atoms with Crippen molar-refractivity contribution in [1.29, 1.82) is 0 Å². The number of aromatic nitrogens is 2. The van der Waals surface area contributed by atoms with Gasteiger partial charge in [-0.05, 0) is 17.7 Å². The van der Waals surface area contributed by atoms with E-state index in [0.29, 0.717) is 11.8 Å². The Bertz CT molecular complexity index is 550. The zero-order valence-corrected chi connectivity index (χ0v) is 9.62. The average Bonchev–Trinajstić information content (AvgIpc) is 2.86. The molecule has 0 saturated heterocycles. The Morgan fingerprint density at radius 1 is 1.50 bits per heavy atom. The summed E-state index contributed by atoms with van der Waals surface area (Å²) in [5, 5.41) is 4.13. The molecule has 0 bridgehead atoms. The molecule has 2 N–H and O–H groups in total. The molecule has 0 unspecified atom stereocenters. The van der Waals surface area contributed by atoms with Crippen LogP contribution in [0.4, 0.5) is 5.82 Å². The molecule has 1 aromatic carbocycles. The van der Waals surface area contributed by atoms with Crippen LogP contribution >= 0.6 is 11.8 Å². The van der Waals surface area contributed by atoms with E-state index in [2.05, 4.69) is 11.2 Å². The van der Waals surface area contributed by atoms with Crippen LogP contribution in [0.25, 0.3) is 11.1 Å². The number of nitrogens with two attached hydrogens (primary N) is 1. The molecular formula is C11H11N3OS. The summed E-state index contributed by atoms with van der Waals surface area (Å²) in [6.45, 7) is 0. The van der Waals surface area contributed by atoms with Gasteiger partial charge in [-0.2, -0.15) is 5.10 Å². The van der Waals surface area contributed by atoms with E-state index in [-0.39, 0.29) is 0 Å². The van der Waals surface area contributed by atoms with Gasteiger partial charge >= 0.3 is 0 Å². The van der Waals surface area contributed by atoms with Crippen molar-refractivity contribution in [3.63, 3.8) is 0 Å². The number of anilines is 1. The Morgan fingerprint density at radius 3 is 3.12 bits per heavy atom. The third kappa shape index (κ3) is 1.36. The molecule has 0 saturated carbocycles. The summed E-state index contributed by atoms with van der Waals surface area (Å²) >= 11 is 1.71. The summed E-state index contributed by atoms with van der Waals surface area (Å²) in [5.41, 5.74) is 7.93. The number of rotatable bonds is 1. The predicted molar refractivity (Wildman–Crippen MR) is 64.4 cm³/mol. The number of thioether (sulfide) groups is 1. The molecule has 16 heavy (non-hydrogen) atoms. The number of ether oxygens (including phenoxy) is 1. The molecule has 3 rings (SSSR count). The lowest BCUT2D eigenvalue weighted by Crippen LogP contribution is -1.98. The van der Waals surface area contributed by atoms with E-state index in [0.717, 1.165) is 16.9 Å². The van der Waals surface area contributed by atoms with Gasteiger partial charge < -0.3 is 10.5 Å². The maximum Gasteiger partial charge on any atom is 0.138 e. The second-order valence-corrected chi connectivity index (χ2v) is 4.60. The quantitative estimate of drug-likeness (QED) is 0.819. The largest absolute Gasteiger partial charge is 0.481 e. The van der Waals surface area contributed by atoms with Crippen LogP contribution in [-0.2, 0) is 7.05 Å². The highest BCUT2D eigenvalue weighted by atomic mass is 32.2. The molecule has 1 aliphatic heterocycles. The minimum absolute atomic E-state index is 0.672. The van der Waals surface area contributed by atoms with Crippen LogP contribution in [0.2, 0.25) is 0 Å². The molecule has 0 radical (unpaired) electrons. The van der Waals surface area contributed by atoms with E-state index in [1.165, 1.54) is 4.90 Å². The van der Waals surface area contributed by atoms with Crippen molar-refractivity contribution in [1.82, 2.24) is 9.78 Å². The number of nitrogen functional groups attached to an aromatic ring is 1. The maximum absolute atomic E-state index is 5.93. The van der Waals surface area contributed by atoms with Crippen molar-refractivity contribution >= 4 is 17.6 Å².